The Kier molecular flexibility index (Phi) is 19.7. The fourth-order valence-corrected chi connectivity index (χ4v) is 4.76. The van der Waals surface area contributed by atoms with E-state index in [9.17, 15) is 9.46 Å². The number of hydrogen-bond donors (Lipinski definition) is 1. The Morgan fingerprint density at radius 1 is 0.778 bits per heavy atom. The summed E-state index contributed by atoms with van der Waals surface area (Å²) in [6.45, 7) is 3.89. The second kappa shape index (κ2) is 20.9. The van der Waals surface area contributed by atoms with Crippen molar-refractivity contribution in [1.82, 2.24) is 0 Å². The predicted molar refractivity (Wildman–Crippen MR) is 145 cm³/mol. The lowest BCUT2D eigenvalue weighted by molar-refractivity contribution is -0.870. The molecule has 0 saturated carbocycles. The SMILES string of the molecule is CCCCCCCCCCCCCCCCCC1COC(COOP(=O)(O)OCC[N+](C)(C)C)CO1. The van der Waals surface area contributed by atoms with Crippen LogP contribution in [0.2, 0.25) is 0 Å². The van der Waals surface area contributed by atoms with Gasteiger partial charge in [-0.2, -0.15) is 0 Å². The highest BCUT2D eigenvalue weighted by molar-refractivity contribution is 7.47. The predicted octanol–water partition coefficient (Wildman–Crippen LogP) is 6.80. The van der Waals surface area contributed by atoms with Crippen molar-refractivity contribution < 1.29 is 37.5 Å². The van der Waals surface area contributed by atoms with Gasteiger partial charge >= 0.3 is 7.82 Å². The average molecular weight is 539 g/mol. The lowest BCUT2D eigenvalue weighted by Gasteiger charge is -2.29. The summed E-state index contributed by atoms with van der Waals surface area (Å²) in [5, 5.41) is 0. The molecular weight excluding hydrogens is 481 g/mol. The molecule has 1 fully saturated rings. The normalized spacial score (nSPS) is 20.5. The first kappa shape index (κ1) is 34.0. The topological polar surface area (TPSA) is 83.5 Å². The second-order valence-electron chi connectivity index (χ2n) is 11.3. The van der Waals surface area contributed by atoms with Crippen molar-refractivity contribution in [2.24, 2.45) is 0 Å². The Morgan fingerprint density at radius 2 is 1.25 bits per heavy atom. The maximum absolute atomic E-state index is 11.8. The van der Waals surface area contributed by atoms with Gasteiger partial charge in [0.2, 0.25) is 0 Å². The third kappa shape index (κ3) is 20.9. The monoisotopic (exact) mass is 538 g/mol. The number of phosphoric acid groups is 1. The lowest BCUT2D eigenvalue weighted by Crippen LogP contribution is -2.38. The average Bonchev–Trinajstić information content (AvgIpc) is 2.81. The van der Waals surface area contributed by atoms with Crippen LogP contribution in [-0.4, -0.2) is 75.7 Å². The molecule has 0 bridgehead atoms. The molecule has 1 aliphatic heterocycles. The molecule has 0 aromatic heterocycles. The zero-order valence-corrected chi connectivity index (χ0v) is 24.7. The molecule has 0 aromatic carbocycles. The molecule has 0 aromatic rings. The molecule has 9 heteroatoms. The van der Waals surface area contributed by atoms with Crippen LogP contribution in [0.25, 0.3) is 0 Å². The summed E-state index contributed by atoms with van der Waals surface area (Å²) in [6.07, 6.45) is 21.3. The summed E-state index contributed by atoms with van der Waals surface area (Å²) < 4.78 is 33.6. The molecule has 8 nitrogen and oxygen atoms in total. The highest BCUT2D eigenvalue weighted by Crippen LogP contribution is 2.43. The van der Waals surface area contributed by atoms with Gasteiger partial charge in [-0.1, -0.05) is 103 Å². The van der Waals surface area contributed by atoms with Crippen LogP contribution in [0.3, 0.4) is 0 Å². The van der Waals surface area contributed by atoms with Gasteiger partial charge in [0.05, 0.1) is 40.5 Å². The van der Waals surface area contributed by atoms with Crippen molar-refractivity contribution in [3.05, 3.63) is 0 Å². The number of unbranched alkanes of at least 4 members (excludes halogenated alkanes) is 14. The highest BCUT2D eigenvalue weighted by atomic mass is 31.2. The number of phosphoric ester groups is 1. The first-order valence-corrected chi connectivity index (χ1v) is 16.0. The van der Waals surface area contributed by atoms with E-state index in [1.165, 1.54) is 89.9 Å². The van der Waals surface area contributed by atoms with Gasteiger partial charge < -0.3 is 18.9 Å². The maximum Gasteiger partial charge on any atom is 0.499 e. The minimum atomic E-state index is -4.23. The molecule has 36 heavy (non-hydrogen) atoms. The van der Waals surface area contributed by atoms with E-state index >= 15 is 0 Å². The minimum absolute atomic E-state index is 0.0227. The van der Waals surface area contributed by atoms with E-state index in [1.807, 2.05) is 21.1 Å². The summed E-state index contributed by atoms with van der Waals surface area (Å²) in [6, 6.07) is 0. The van der Waals surface area contributed by atoms with Crippen molar-refractivity contribution in [2.75, 3.05) is 54.1 Å². The molecule has 3 unspecified atom stereocenters. The number of rotatable bonds is 24. The fourth-order valence-electron chi connectivity index (χ4n) is 4.21. The molecule has 1 N–H and O–H groups in total. The first-order chi connectivity index (χ1) is 17.2. The Bertz CT molecular complexity index is 551. The van der Waals surface area contributed by atoms with Crippen LogP contribution in [0.4, 0.5) is 0 Å². The van der Waals surface area contributed by atoms with Gasteiger partial charge in [-0.15, -0.1) is 4.67 Å². The number of likely N-dealkylation sites (N-methyl/N-ethyl adjacent to an activating group) is 1. The number of ether oxygens (including phenoxy) is 2. The molecule has 216 valence electrons. The summed E-state index contributed by atoms with van der Waals surface area (Å²) in [7, 11) is 1.68. The molecule has 1 rings (SSSR count). The van der Waals surface area contributed by atoms with Crippen LogP contribution >= 0.6 is 7.82 Å². The van der Waals surface area contributed by atoms with Crippen molar-refractivity contribution in [3.8, 4) is 0 Å². The van der Waals surface area contributed by atoms with E-state index in [-0.39, 0.29) is 25.4 Å². The molecule has 0 amide bonds. The number of nitrogens with zero attached hydrogens (tertiary/aromatic N) is 1. The van der Waals surface area contributed by atoms with Crippen LogP contribution in [-0.2, 0) is 28.1 Å². The van der Waals surface area contributed by atoms with Gasteiger partial charge in [-0.05, 0) is 6.42 Å². The summed E-state index contributed by atoms with van der Waals surface area (Å²) in [5.74, 6) is 0. The van der Waals surface area contributed by atoms with Gasteiger partial charge in [-0.3, -0.25) is 4.52 Å². The van der Waals surface area contributed by atoms with E-state index in [0.717, 1.165) is 12.8 Å². The zero-order valence-electron chi connectivity index (χ0n) is 23.8. The van der Waals surface area contributed by atoms with E-state index < -0.39 is 7.82 Å². The summed E-state index contributed by atoms with van der Waals surface area (Å²) in [5.41, 5.74) is 0. The fraction of sp³-hybridized carbons (Fsp3) is 1.00. The number of quaternary nitrogens is 1. The summed E-state index contributed by atoms with van der Waals surface area (Å²) in [4.78, 5) is 14.6. The van der Waals surface area contributed by atoms with Crippen LogP contribution in [0.1, 0.15) is 110 Å². The largest absolute Gasteiger partial charge is 0.499 e. The number of hydrogen-bond acceptors (Lipinski definition) is 6. The van der Waals surface area contributed by atoms with Gasteiger partial charge in [0.15, 0.2) is 0 Å². The maximum atomic E-state index is 11.8. The third-order valence-corrected chi connectivity index (χ3v) is 7.39. The molecule has 1 aliphatic rings. The summed E-state index contributed by atoms with van der Waals surface area (Å²) >= 11 is 0. The van der Waals surface area contributed by atoms with Crippen molar-refractivity contribution in [3.63, 3.8) is 0 Å². The lowest BCUT2D eigenvalue weighted by atomic mass is 10.0. The van der Waals surface area contributed by atoms with Crippen LogP contribution in [0, 0.1) is 0 Å². The molecule has 0 spiro atoms. The molecule has 1 saturated heterocycles. The van der Waals surface area contributed by atoms with Crippen molar-refractivity contribution in [1.29, 1.82) is 0 Å². The first-order valence-electron chi connectivity index (χ1n) is 14.5. The van der Waals surface area contributed by atoms with Crippen LogP contribution in [0.15, 0.2) is 0 Å². The van der Waals surface area contributed by atoms with Gasteiger partial charge in [0.1, 0.15) is 25.9 Å². The molecule has 0 radical (unpaired) electrons. The van der Waals surface area contributed by atoms with Crippen LogP contribution in [0.5, 0.6) is 0 Å². The minimum Gasteiger partial charge on any atom is -0.373 e. The van der Waals surface area contributed by atoms with Gasteiger partial charge in [0, 0.05) is 0 Å². The smallest absolute Gasteiger partial charge is 0.373 e. The second-order valence-corrected chi connectivity index (χ2v) is 12.7. The Morgan fingerprint density at radius 3 is 1.72 bits per heavy atom. The Hall–Kier alpha value is -0.0500. The van der Waals surface area contributed by atoms with Gasteiger partial charge in [0.25, 0.3) is 0 Å². The van der Waals surface area contributed by atoms with E-state index in [0.29, 0.717) is 24.2 Å². The van der Waals surface area contributed by atoms with Gasteiger partial charge in [-0.25, -0.2) is 9.45 Å². The zero-order chi connectivity index (χ0) is 26.5. The Balaban J connectivity index is 1.88. The standard InChI is InChI=1S/C27H56NO7P/c1-5-6-7-8-9-10-11-12-13-14-15-16-17-18-19-20-26-23-32-27(24-31-26)25-33-35-36(29,30)34-22-21-28(2,3)4/h26-27H,5-25H2,1-4H3/p+1. The molecule has 0 aliphatic carbocycles. The van der Waals surface area contributed by atoms with Crippen molar-refractivity contribution in [2.45, 2.75) is 122 Å². The molecular formula is C27H57NO7P+. The van der Waals surface area contributed by atoms with Crippen molar-refractivity contribution >= 4 is 7.82 Å². The Labute approximate surface area is 221 Å². The quantitative estimate of drug-likeness (QED) is 0.0475. The third-order valence-electron chi connectivity index (χ3n) is 6.58. The highest BCUT2D eigenvalue weighted by Gasteiger charge is 2.27. The molecule has 3 atom stereocenters. The van der Waals surface area contributed by atoms with E-state index in [2.05, 4.69) is 11.6 Å². The van der Waals surface area contributed by atoms with E-state index in [1.54, 1.807) is 0 Å². The van der Waals surface area contributed by atoms with Crippen LogP contribution < -0.4 is 0 Å². The molecule has 1 heterocycles. The van der Waals surface area contributed by atoms with E-state index in [4.69, 9.17) is 18.9 Å².